The Kier molecular flexibility index (Phi) is 5.41. The average Bonchev–Trinajstić information content (AvgIpc) is 2.76. The molecule has 0 aliphatic rings. The molecule has 0 saturated heterocycles. The van der Waals surface area contributed by atoms with Crippen molar-refractivity contribution in [2.24, 2.45) is 0 Å². The van der Waals surface area contributed by atoms with Crippen LogP contribution in [0.5, 0.6) is 0 Å². The van der Waals surface area contributed by atoms with Gasteiger partial charge in [-0.25, -0.2) is 9.37 Å². The summed E-state index contributed by atoms with van der Waals surface area (Å²) in [5, 5.41) is 0.888. The van der Waals surface area contributed by atoms with E-state index in [-0.39, 0.29) is 11.4 Å². The summed E-state index contributed by atoms with van der Waals surface area (Å²) < 4.78 is 15.4. The zero-order valence-corrected chi connectivity index (χ0v) is 16.3. The second-order valence-electron chi connectivity index (χ2n) is 6.43. The highest BCUT2D eigenvalue weighted by Crippen LogP contribution is 2.21. The average molecular weight is 420 g/mol. The van der Waals surface area contributed by atoms with Gasteiger partial charge in [-0.1, -0.05) is 48.0 Å². The van der Waals surface area contributed by atoms with Crippen LogP contribution in [0.3, 0.4) is 0 Å². The fourth-order valence-electron chi connectivity index (χ4n) is 2.95. The Morgan fingerprint density at radius 3 is 2.47 bits per heavy atom. The summed E-state index contributed by atoms with van der Waals surface area (Å²) in [6, 6.07) is 19.5. The molecular formula is C23H15ClFN3O2. The minimum Gasteiger partial charge on any atom is -0.268 e. The van der Waals surface area contributed by atoms with Crippen LogP contribution in [0.2, 0.25) is 5.02 Å². The molecule has 0 unspecified atom stereocenters. The van der Waals surface area contributed by atoms with E-state index in [0.717, 1.165) is 10.2 Å². The van der Waals surface area contributed by atoms with Crippen molar-refractivity contribution in [3.05, 3.63) is 106 Å². The van der Waals surface area contributed by atoms with Crippen molar-refractivity contribution in [2.75, 3.05) is 5.43 Å². The summed E-state index contributed by atoms with van der Waals surface area (Å²) in [5.74, 6) is -1.12. The van der Waals surface area contributed by atoms with E-state index < -0.39 is 17.3 Å². The topological polar surface area (TPSA) is 64.0 Å². The lowest BCUT2D eigenvalue weighted by molar-refractivity contribution is -0.112. The number of carbonyl (C=O) groups is 1. The predicted octanol–water partition coefficient (Wildman–Crippen LogP) is 4.64. The molecule has 4 aromatic rings. The molecule has 0 spiro atoms. The van der Waals surface area contributed by atoms with Crippen molar-refractivity contribution < 1.29 is 9.18 Å². The number of carbonyl (C=O) groups excluding carboxylic acids is 1. The van der Waals surface area contributed by atoms with Crippen molar-refractivity contribution in [3.63, 3.8) is 0 Å². The number of rotatable bonds is 4. The first kappa shape index (κ1) is 19.5. The molecule has 4 rings (SSSR count). The first-order valence-electron chi connectivity index (χ1n) is 9.04. The molecule has 30 heavy (non-hydrogen) atoms. The van der Waals surface area contributed by atoms with E-state index in [1.165, 1.54) is 24.3 Å². The molecule has 1 N–H and O–H groups in total. The number of hydrogen-bond donors (Lipinski definition) is 1. The molecule has 1 amide bonds. The van der Waals surface area contributed by atoms with Crippen LogP contribution in [0.4, 0.5) is 4.39 Å². The Bertz CT molecular complexity index is 1330. The molecule has 0 radical (unpaired) electrons. The molecule has 5 nitrogen and oxygen atoms in total. The third kappa shape index (κ3) is 3.99. The molecule has 1 aromatic heterocycles. The van der Waals surface area contributed by atoms with Gasteiger partial charge in [0.15, 0.2) is 5.82 Å². The number of benzene rings is 3. The van der Waals surface area contributed by atoms with Gasteiger partial charge in [0.2, 0.25) is 0 Å². The number of amides is 1. The smallest absolute Gasteiger partial charge is 0.268 e. The Balaban J connectivity index is 1.77. The van der Waals surface area contributed by atoms with E-state index in [2.05, 4.69) is 10.4 Å². The fourth-order valence-corrected chi connectivity index (χ4v) is 3.08. The van der Waals surface area contributed by atoms with Crippen molar-refractivity contribution in [1.82, 2.24) is 9.66 Å². The lowest BCUT2D eigenvalue weighted by Gasteiger charge is -2.14. The molecule has 0 aliphatic carbocycles. The molecule has 148 valence electrons. The predicted molar refractivity (Wildman–Crippen MR) is 116 cm³/mol. The number of nitrogens with zero attached hydrogens (tertiary/aromatic N) is 2. The molecule has 0 bridgehead atoms. The van der Waals surface area contributed by atoms with E-state index in [1.54, 1.807) is 60.7 Å². The van der Waals surface area contributed by atoms with Gasteiger partial charge in [-0.15, -0.1) is 0 Å². The van der Waals surface area contributed by atoms with Crippen LogP contribution in [0, 0.1) is 5.82 Å². The normalized spacial score (nSPS) is 11.1. The van der Waals surface area contributed by atoms with Crippen molar-refractivity contribution >= 4 is 34.5 Å². The van der Waals surface area contributed by atoms with Crippen LogP contribution in [-0.4, -0.2) is 15.6 Å². The highest BCUT2D eigenvalue weighted by Gasteiger charge is 2.16. The SMILES string of the molecule is O=C(/C=C\c1ccc(Cl)cc1)Nn1c(-c2ccccc2F)nc2ccccc2c1=O. The number of halogens is 2. The van der Waals surface area contributed by atoms with Crippen molar-refractivity contribution in [2.45, 2.75) is 0 Å². The Hall–Kier alpha value is -3.77. The lowest BCUT2D eigenvalue weighted by Crippen LogP contribution is -2.34. The zero-order chi connectivity index (χ0) is 21.1. The molecule has 0 aliphatic heterocycles. The van der Waals surface area contributed by atoms with Crippen LogP contribution in [0.15, 0.2) is 83.7 Å². The summed E-state index contributed by atoms with van der Waals surface area (Å²) in [4.78, 5) is 30.0. The number of aromatic nitrogens is 2. The second kappa shape index (κ2) is 8.31. The van der Waals surface area contributed by atoms with Crippen LogP contribution in [0.25, 0.3) is 28.4 Å². The zero-order valence-electron chi connectivity index (χ0n) is 15.5. The minimum absolute atomic E-state index is 0.00467. The Morgan fingerprint density at radius 1 is 1.00 bits per heavy atom. The maximum absolute atomic E-state index is 14.4. The van der Waals surface area contributed by atoms with E-state index in [0.29, 0.717) is 15.9 Å². The molecule has 7 heteroatoms. The lowest BCUT2D eigenvalue weighted by atomic mass is 10.1. The number of nitrogens with one attached hydrogen (secondary N) is 1. The van der Waals surface area contributed by atoms with E-state index in [9.17, 15) is 14.0 Å². The van der Waals surface area contributed by atoms with Gasteiger partial charge in [0.25, 0.3) is 11.5 Å². The van der Waals surface area contributed by atoms with Gasteiger partial charge in [-0.2, -0.15) is 4.68 Å². The van der Waals surface area contributed by atoms with E-state index in [4.69, 9.17) is 11.6 Å². The van der Waals surface area contributed by atoms with Gasteiger partial charge in [0.1, 0.15) is 5.82 Å². The highest BCUT2D eigenvalue weighted by molar-refractivity contribution is 6.30. The van der Waals surface area contributed by atoms with Gasteiger partial charge >= 0.3 is 0 Å². The third-order valence-electron chi connectivity index (χ3n) is 4.41. The number of fused-ring (bicyclic) bond motifs is 1. The molecule has 3 aromatic carbocycles. The first-order valence-corrected chi connectivity index (χ1v) is 9.42. The molecule has 0 saturated carbocycles. The van der Waals surface area contributed by atoms with Gasteiger partial charge in [0, 0.05) is 11.1 Å². The standard InChI is InChI=1S/C23H15ClFN3O2/c24-16-12-9-15(10-13-16)11-14-21(29)27-28-22(17-5-1-3-7-19(17)25)26-20-8-4-2-6-18(20)23(28)30/h1-14H,(H,27,29)/b14-11-. The molecular weight excluding hydrogens is 405 g/mol. The van der Waals surface area contributed by atoms with E-state index in [1.807, 2.05) is 0 Å². The number of para-hydroxylation sites is 1. The van der Waals surface area contributed by atoms with Gasteiger partial charge in [0.05, 0.1) is 16.5 Å². The van der Waals surface area contributed by atoms with Crippen molar-refractivity contribution in [3.8, 4) is 11.4 Å². The molecule has 0 atom stereocenters. The van der Waals surface area contributed by atoms with Crippen LogP contribution in [0.1, 0.15) is 5.56 Å². The largest absolute Gasteiger partial charge is 0.280 e. The summed E-state index contributed by atoms with van der Waals surface area (Å²) >= 11 is 5.86. The summed E-state index contributed by atoms with van der Waals surface area (Å²) in [5.41, 5.74) is 3.26. The van der Waals surface area contributed by atoms with Crippen LogP contribution >= 0.6 is 11.6 Å². The second-order valence-corrected chi connectivity index (χ2v) is 6.87. The monoisotopic (exact) mass is 419 g/mol. The molecule has 1 heterocycles. The maximum atomic E-state index is 14.4. The first-order chi connectivity index (χ1) is 14.5. The van der Waals surface area contributed by atoms with E-state index >= 15 is 0 Å². The van der Waals surface area contributed by atoms with Crippen LogP contribution in [-0.2, 0) is 4.79 Å². The van der Waals surface area contributed by atoms with Gasteiger partial charge < -0.3 is 0 Å². The summed E-state index contributed by atoms with van der Waals surface area (Å²) in [6.07, 6.45) is 2.85. The third-order valence-corrected chi connectivity index (χ3v) is 4.66. The minimum atomic E-state index is -0.568. The number of hydrogen-bond acceptors (Lipinski definition) is 3. The van der Waals surface area contributed by atoms with Gasteiger partial charge in [-0.05, 0) is 48.0 Å². The van der Waals surface area contributed by atoms with Crippen molar-refractivity contribution in [1.29, 1.82) is 0 Å². The van der Waals surface area contributed by atoms with Crippen LogP contribution < -0.4 is 11.0 Å². The maximum Gasteiger partial charge on any atom is 0.280 e. The summed E-state index contributed by atoms with van der Waals surface area (Å²) in [7, 11) is 0. The molecule has 0 fully saturated rings. The fraction of sp³-hybridized carbons (Fsp3) is 0. The summed E-state index contributed by atoms with van der Waals surface area (Å²) in [6.45, 7) is 0. The Labute approximate surface area is 176 Å². The van der Waals surface area contributed by atoms with Gasteiger partial charge in [-0.3, -0.25) is 15.0 Å². The Morgan fingerprint density at radius 2 is 1.70 bits per heavy atom. The quantitative estimate of drug-likeness (QED) is 0.490. The highest BCUT2D eigenvalue weighted by atomic mass is 35.5.